The molecule has 1 amide bonds. The van der Waals surface area contributed by atoms with Crippen molar-refractivity contribution >= 4 is 38.8 Å². The molecule has 1 saturated heterocycles. The molecular formula is C21H23F2N5OS. The van der Waals surface area contributed by atoms with Crippen LogP contribution in [0, 0.1) is 18.6 Å². The Morgan fingerprint density at radius 1 is 1.27 bits per heavy atom. The molecule has 1 aliphatic rings. The third kappa shape index (κ3) is 4.08. The van der Waals surface area contributed by atoms with Crippen LogP contribution in [0.1, 0.15) is 20.9 Å². The standard InChI is InChI=1S/C21H23F2N5OS/c1-12-2-3-14-17(24)19(30-21(14)27-12)20(29)26-5-4-13-10-15(22)18(16(23)11-13)28-8-6-25-7-9-28/h2-3,10-11,25H,4-9,24H2,1H3,(H,26,29). The van der Waals surface area contributed by atoms with Gasteiger partial charge in [0.1, 0.15) is 27.0 Å². The first-order valence-electron chi connectivity index (χ1n) is 9.81. The van der Waals surface area contributed by atoms with E-state index in [2.05, 4.69) is 15.6 Å². The molecule has 0 saturated carbocycles. The van der Waals surface area contributed by atoms with E-state index in [1.807, 2.05) is 19.1 Å². The Labute approximate surface area is 177 Å². The molecule has 0 radical (unpaired) electrons. The summed E-state index contributed by atoms with van der Waals surface area (Å²) in [5, 5.41) is 6.70. The van der Waals surface area contributed by atoms with Crippen LogP contribution < -0.4 is 21.3 Å². The molecule has 0 spiro atoms. The zero-order chi connectivity index (χ0) is 21.3. The molecule has 1 aliphatic heterocycles. The SMILES string of the molecule is Cc1ccc2c(N)c(C(=O)NCCc3cc(F)c(N4CCNCC4)c(F)c3)sc2n1. The van der Waals surface area contributed by atoms with Crippen LogP contribution in [0.25, 0.3) is 10.2 Å². The number of amides is 1. The minimum atomic E-state index is -0.576. The highest BCUT2D eigenvalue weighted by Gasteiger charge is 2.20. The van der Waals surface area contributed by atoms with Gasteiger partial charge in [-0.15, -0.1) is 11.3 Å². The Balaban J connectivity index is 1.42. The number of halogens is 2. The number of piperazine rings is 1. The number of carbonyl (C=O) groups excluding carboxylic acids is 1. The number of nitrogen functional groups attached to an aromatic ring is 1. The van der Waals surface area contributed by atoms with Crippen LogP contribution in [-0.4, -0.2) is 43.6 Å². The topological polar surface area (TPSA) is 83.3 Å². The van der Waals surface area contributed by atoms with E-state index in [1.54, 1.807) is 4.90 Å². The Hall–Kier alpha value is -2.78. The molecular weight excluding hydrogens is 408 g/mol. The summed E-state index contributed by atoms with van der Waals surface area (Å²) >= 11 is 1.24. The Kier molecular flexibility index (Phi) is 5.83. The summed E-state index contributed by atoms with van der Waals surface area (Å²) < 4.78 is 29.1. The largest absolute Gasteiger partial charge is 0.397 e. The first-order chi connectivity index (χ1) is 14.4. The number of rotatable bonds is 5. The summed E-state index contributed by atoms with van der Waals surface area (Å²) in [6.45, 7) is 4.64. The molecule has 0 aliphatic carbocycles. The maximum atomic E-state index is 14.5. The van der Waals surface area contributed by atoms with E-state index in [9.17, 15) is 13.6 Å². The first-order valence-corrected chi connectivity index (χ1v) is 10.6. The zero-order valence-corrected chi connectivity index (χ0v) is 17.4. The van der Waals surface area contributed by atoms with Gasteiger partial charge in [0, 0.05) is 43.8 Å². The van der Waals surface area contributed by atoms with Crippen LogP contribution in [0.3, 0.4) is 0 Å². The molecule has 9 heteroatoms. The second-order valence-electron chi connectivity index (χ2n) is 7.30. The van der Waals surface area contributed by atoms with Crippen LogP contribution in [0.4, 0.5) is 20.2 Å². The molecule has 4 N–H and O–H groups in total. The summed E-state index contributed by atoms with van der Waals surface area (Å²) in [6, 6.07) is 6.38. The van der Waals surface area contributed by atoms with Crippen molar-refractivity contribution in [3.05, 3.63) is 52.0 Å². The summed E-state index contributed by atoms with van der Waals surface area (Å²) in [5.74, 6) is -1.46. The summed E-state index contributed by atoms with van der Waals surface area (Å²) in [6.07, 6.45) is 0.309. The van der Waals surface area contributed by atoms with Crippen molar-refractivity contribution < 1.29 is 13.6 Å². The fourth-order valence-electron chi connectivity index (χ4n) is 3.61. The van der Waals surface area contributed by atoms with Gasteiger partial charge in [0.25, 0.3) is 5.91 Å². The number of hydrogen-bond acceptors (Lipinski definition) is 6. The smallest absolute Gasteiger partial charge is 0.263 e. The average Bonchev–Trinajstić information content (AvgIpc) is 3.04. The number of aromatic nitrogens is 1. The number of nitrogens with one attached hydrogen (secondary N) is 2. The molecule has 30 heavy (non-hydrogen) atoms. The average molecular weight is 432 g/mol. The number of carbonyl (C=O) groups is 1. The quantitative estimate of drug-likeness (QED) is 0.579. The second kappa shape index (κ2) is 8.53. The fraction of sp³-hybridized carbons (Fsp3) is 0.333. The molecule has 3 heterocycles. The van der Waals surface area contributed by atoms with Gasteiger partial charge in [-0.3, -0.25) is 4.79 Å². The van der Waals surface area contributed by atoms with Crippen LogP contribution >= 0.6 is 11.3 Å². The third-order valence-corrected chi connectivity index (χ3v) is 6.26. The molecule has 0 bridgehead atoms. The first kappa shape index (κ1) is 20.5. The van der Waals surface area contributed by atoms with Gasteiger partial charge in [-0.1, -0.05) is 0 Å². The van der Waals surface area contributed by atoms with Crippen molar-refractivity contribution in [1.82, 2.24) is 15.6 Å². The summed E-state index contributed by atoms with van der Waals surface area (Å²) in [7, 11) is 0. The van der Waals surface area contributed by atoms with Gasteiger partial charge >= 0.3 is 0 Å². The van der Waals surface area contributed by atoms with Gasteiger partial charge in [0.2, 0.25) is 0 Å². The lowest BCUT2D eigenvalue weighted by Gasteiger charge is -2.30. The van der Waals surface area contributed by atoms with Crippen molar-refractivity contribution in [3.63, 3.8) is 0 Å². The highest BCUT2D eigenvalue weighted by molar-refractivity contribution is 7.21. The molecule has 3 aromatic rings. The highest BCUT2D eigenvalue weighted by atomic mass is 32.1. The number of nitrogens with zero attached hydrogens (tertiary/aromatic N) is 2. The highest BCUT2D eigenvalue weighted by Crippen LogP contribution is 2.32. The molecule has 0 atom stereocenters. The van der Waals surface area contributed by atoms with E-state index in [0.29, 0.717) is 53.6 Å². The third-order valence-electron chi connectivity index (χ3n) is 5.15. The molecule has 1 fully saturated rings. The normalized spacial score (nSPS) is 14.3. The molecule has 1 aromatic carbocycles. The van der Waals surface area contributed by atoms with Crippen LogP contribution in [0.15, 0.2) is 24.3 Å². The van der Waals surface area contributed by atoms with Gasteiger partial charge in [0.05, 0.1) is 5.69 Å². The number of pyridine rings is 1. The number of hydrogen-bond donors (Lipinski definition) is 3. The number of benzene rings is 1. The maximum Gasteiger partial charge on any atom is 0.263 e. The van der Waals surface area contributed by atoms with Crippen LogP contribution in [0.2, 0.25) is 0 Å². The number of nitrogens with two attached hydrogens (primary N) is 1. The number of anilines is 2. The van der Waals surface area contributed by atoms with Gasteiger partial charge in [-0.2, -0.15) is 0 Å². The van der Waals surface area contributed by atoms with Crippen molar-refractivity contribution in [1.29, 1.82) is 0 Å². The maximum absolute atomic E-state index is 14.5. The number of thiophene rings is 1. The Morgan fingerprint density at radius 2 is 1.97 bits per heavy atom. The lowest BCUT2D eigenvalue weighted by Crippen LogP contribution is -2.44. The lowest BCUT2D eigenvalue weighted by molar-refractivity contribution is 0.0959. The van der Waals surface area contributed by atoms with E-state index in [1.165, 1.54) is 23.5 Å². The minimum absolute atomic E-state index is 0.0186. The van der Waals surface area contributed by atoms with Crippen molar-refractivity contribution in [2.24, 2.45) is 0 Å². The Bertz CT molecular complexity index is 1070. The van der Waals surface area contributed by atoms with Crippen LogP contribution in [0.5, 0.6) is 0 Å². The van der Waals surface area contributed by atoms with Gasteiger partial charge in [-0.05, 0) is 43.2 Å². The van der Waals surface area contributed by atoms with Gasteiger partial charge < -0.3 is 21.3 Å². The lowest BCUT2D eigenvalue weighted by atomic mass is 10.1. The van der Waals surface area contributed by atoms with E-state index in [0.717, 1.165) is 11.1 Å². The number of fused-ring (bicyclic) bond motifs is 1. The van der Waals surface area contributed by atoms with Crippen molar-refractivity contribution in [2.75, 3.05) is 43.4 Å². The van der Waals surface area contributed by atoms with E-state index in [4.69, 9.17) is 5.73 Å². The van der Waals surface area contributed by atoms with Gasteiger partial charge in [0.15, 0.2) is 0 Å². The van der Waals surface area contributed by atoms with Crippen molar-refractivity contribution in [2.45, 2.75) is 13.3 Å². The van der Waals surface area contributed by atoms with E-state index in [-0.39, 0.29) is 18.1 Å². The molecule has 0 unspecified atom stereocenters. The summed E-state index contributed by atoms with van der Waals surface area (Å²) in [4.78, 5) is 19.8. The molecule has 158 valence electrons. The second-order valence-corrected chi connectivity index (χ2v) is 8.30. The van der Waals surface area contributed by atoms with Crippen molar-refractivity contribution in [3.8, 4) is 0 Å². The molecule has 6 nitrogen and oxygen atoms in total. The Morgan fingerprint density at radius 3 is 2.67 bits per heavy atom. The number of aryl methyl sites for hydroxylation is 1. The van der Waals surface area contributed by atoms with E-state index < -0.39 is 11.6 Å². The predicted molar refractivity (Wildman–Crippen MR) is 116 cm³/mol. The monoisotopic (exact) mass is 431 g/mol. The molecule has 4 rings (SSSR count). The predicted octanol–water partition coefficient (Wildman–Crippen LogP) is 2.85. The van der Waals surface area contributed by atoms with Crippen LogP contribution in [-0.2, 0) is 6.42 Å². The fourth-order valence-corrected chi connectivity index (χ4v) is 4.67. The zero-order valence-electron chi connectivity index (χ0n) is 16.6. The van der Waals surface area contributed by atoms with E-state index >= 15 is 0 Å². The molecule has 2 aromatic heterocycles. The summed E-state index contributed by atoms with van der Waals surface area (Å²) in [5.41, 5.74) is 7.86. The van der Waals surface area contributed by atoms with Gasteiger partial charge in [-0.25, -0.2) is 13.8 Å². The minimum Gasteiger partial charge on any atom is -0.397 e.